The molecule has 6 heteroatoms. The molecule has 0 spiro atoms. The van der Waals surface area contributed by atoms with Crippen LogP contribution in [0.3, 0.4) is 0 Å². The molecule has 1 atom stereocenters. The first-order valence-corrected chi connectivity index (χ1v) is 8.64. The second-order valence-electron chi connectivity index (χ2n) is 6.49. The number of benzene rings is 2. The van der Waals surface area contributed by atoms with Crippen molar-refractivity contribution in [3.05, 3.63) is 53.1 Å². The predicted octanol–water partition coefficient (Wildman–Crippen LogP) is 4.76. The Morgan fingerprint density at radius 2 is 1.96 bits per heavy atom. The highest BCUT2D eigenvalue weighted by molar-refractivity contribution is 6.10. The highest BCUT2D eigenvalue weighted by Crippen LogP contribution is 2.36. The third kappa shape index (κ3) is 3.49. The maximum atomic E-state index is 13.2. The summed E-state index contributed by atoms with van der Waals surface area (Å²) in [6.45, 7) is 3.53. The molecule has 1 N–H and O–H groups in total. The molecule has 4 nitrogen and oxygen atoms in total. The Morgan fingerprint density at radius 3 is 2.65 bits per heavy atom. The number of para-hydroxylation sites is 1. The number of carbonyl (C=O) groups excluding carboxylic acids is 1. The number of aryl methyl sites for hydroxylation is 2. The van der Waals surface area contributed by atoms with Gasteiger partial charge >= 0.3 is 6.61 Å². The monoisotopic (exact) mass is 360 g/mol. The molecule has 1 unspecified atom stereocenters. The molecular formula is C20H22F2N2O2. The van der Waals surface area contributed by atoms with Gasteiger partial charge in [-0.3, -0.25) is 4.79 Å². The van der Waals surface area contributed by atoms with Crippen LogP contribution in [0, 0.1) is 13.8 Å². The van der Waals surface area contributed by atoms with Crippen molar-refractivity contribution in [3.63, 3.8) is 0 Å². The lowest BCUT2D eigenvalue weighted by atomic mass is 10.0. The second-order valence-corrected chi connectivity index (χ2v) is 6.49. The van der Waals surface area contributed by atoms with Crippen LogP contribution < -0.4 is 15.0 Å². The van der Waals surface area contributed by atoms with Gasteiger partial charge in [0.05, 0.1) is 16.9 Å². The zero-order chi connectivity index (χ0) is 18.8. The zero-order valence-corrected chi connectivity index (χ0v) is 15.1. The normalized spacial score (nSPS) is 16.2. The number of nitrogens with one attached hydrogen (secondary N) is 1. The van der Waals surface area contributed by atoms with Crippen LogP contribution in [0.25, 0.3) is 0 Å². The van der Waals surface area contributed by atoms with E-state index in [1.807, 2.05) is 32.9 Å². The molecule has 1 aliphatic heterocycles. The van der Waals surface area contributed by atoms with Crippen LogP contribution in [-0.4, -0.2) is 25.1 Å². The average molecular weight is 360 g/mol. The third-order valence-corrected chi connectivity index (χ3v) is 4.74. The van der Waals surface area contributed by atoms with Crippen molar-refractivity contribution in [2.45, 2.75) is 39.8 Å². The maximum Gasteiger partial charge on any atom is 0.387 e. The molecule has 1 aliphatic rings. The Hall–Kier alpha value is -2.63. The van der Waals surface area contributed by atoms with E-state index >= 15 is 0 Å². The number of anilines is 2. The Labute approximate surface area is 151 Å². The zero-order valence-electron chi connectivity index (χ0n) is 15.1. The van der Waals surface area contributed by atoms with Crippen LogP contribution in [-0.2, 0) is 0 Å². The maximum absolute atomic E-state index is 13.2. The van der Waals surface area contributed by atoms with Crippen LogP contribution in [0.2, 0.25) is 0 Å². The van der Waals surface area contributed by atoms with E-state index in [0.717, 1.165) is 28.9 Å². The van der Waals surface area contributed by atoms with Crippen LogP contribution in [0.5, 0.6) is 5.75 Å². The lowest BCUT2D eigenvalue weighted by molar-refractivity contribution is -0.0501. The van der Waals surface area contributed by atoms with Gasteiger partial charge in [0.25, 0.3) is 5.91 Å². The first-order chi connectivity index (χ1) is 12.4. The molecule has 0 fully saturated rings. The summed E-state index contributed by atoms with van der Waals surface area (Å²) in [6.07, 6.45) is 0.839. The van der Waals surface area contributed by atoms with E-state index in [1.165, 1.54) is 12.1 Å². The van der Waals surface area contributed by atoms with E-state index in [1.54, 1.807) is 17.0 Å². The first-order valence-electron chi connectivity index (χ1n) is 8.64. The number of amides is 1. The third-order valence-electron chi connectivity index (χ3n) is 4.74. The van der Waals surface area contributed by atoms with E-state index in [4.69, 9.17) is 0 Å². The quantitative estimate of drug-likeness (QED) is 0.855. The van der Waals surface area contributed by atoms with Gasteiger partial charge in [-0.25, -0.2) is 0 Å². The standard InChI is InChI=1S/C20H22F2N2O2/c1-4-14-11-24(17-10-13(3)12(2)9-16(17)23-14)19(25)15-7-5-6-8-18(15)26-20(21)22/h5-10,14,20,23H,4,11H2,1-3H3. The van der Waals surface area contributed by atoms with Crippen molar-refractivity contribution in [2.24, 2.45) is 0 Å². The number of fused-ring (bicyclic) bond motifs is 1. The molecule has 0 saturated carbocycles. The Balaban J connectivity index is 2.04. The number of rotatable bonds is 4. The van der Waals surface area contributed by atoms with Gasteiger partial charge < -0.3 is 15.0 Å². The fourth-order valence-electron chi connectivity index (χ4n) is 3.14. The fraction of sp³-hybridized carbons (Fsp3) is 0.350. The van der Waals surface area contributed by atoms with Crippen LogP contribution >= 0.6 is 0 Å². The van der Waals surface area contributed by atoms with Crippen molar-refractivity contribution < 1.29 is 18.3 Å². The number of carbonyl (C=O) groups is 1. The molecule has 3 rings (SSSR count). The van der Waals surface area contributed by atoms with Crippen molar-refractivity contribution in [1.29, 1.82) is 0 Å². The van der Waals surface area contributed by atoms with Gasteiger partial charge in [0.15, 0.2) is 0 Å². The SMILES string of the molecule is CCC1CN(C(=O)c2ccccc2OC(F)F)c2cc(C)c(C)cc2N1. The molecule has 1 heterocycles. The van der Waals surface area contributed by atoms with E-state index in [9.17, 15) is 13.6 Å². The van der Waals surface area contributed by atoms with Gasteiger partial charge in [-0.15, -0.1) is 0 Å². The molecule has 26 heavy (non-hydrogen) atoms. The van der Waals surface area contributed by atoms with Gasteiger partial charge in [-0.2, -0.15) is 8.78 Å². The van der Waals surface area contributed by atoms with Crippen molar-refractivity contribution in [3.8, 4) is 5.75 Å². The summed E-state index contributed by atoms with van der Waals surface area (Å²) in [5.74, 6) is -0.449. The van der Waals surface area contributed by atoms with Gasteiger partial charge in [0.1, 0.15) is 5.75 Å². The minimum atomic E-state index is -2.98. The molecule has 0 radical (unpaired) electrons. The molecular weight excluding hydrogens is 338 g/mol. The van der Waals surface area contributed by atoms with E-state index in [0.29, 0.717) is 6.54 Å². The molecule has 138 valence electrons. The number of ether oxygens (including phenoxy) is 1. The molecule has 0 aromatic heterocycles. The van der Waals surface area contributed by atoms with Crippen molar-refractivity contribution in [1.82, 2.24) is 0 Å². The van der Waals surface area contributed by atoms with Gasteiger partial charge in [0.2, 0.25) is 0 Å². The number of alkyl halides is 2. The first kappa shape index (κ1) is 18.2. The molecule has 2 aromatic rings. The topological polar surface area (TPSA) is 41.6 Å². The highest BCUT2D eigenvalue weighted by atomic mass is 19.3. The number of halogens is 2. The van der Waals surface area contributed by atoms with Gasteiger partial charge in [-0.05, 0) is 55.7 Å². The average Bonchev–Trinajstić information content (AvgIpc) is 2.61. The number of nitrogens with zero attached hydrogens (tertiary/aromatic N) is 1. The Morgan fingerprint density at radius 1 is 1.27 bits per heavy atom. The molecule has 1 amide bonds. The fourth-order valence-corrected chi connectivity index (χ4v) is 3.14. The number of hydrogen-bond donors (Lipinski definition) is 1. The minimum absolute atomic E-state index is 0.0942. The molecule has 0 bridgehead atoms. The van der Waals surface area contributed by atoms with Gasteiger partial charge in [0, 0.05) is 12.6 Å². The van der Waals surface area contributed by atoms with Crippen LogP contribution in [0.15, 0.2) is 36.4 Å². The summed E-state index contributed by atoms with van der Waals surface area (Å²) in [7, 11) is 0. The predicted molar refractivity (Wildman–Crippen MR) is 98.4 cm³/mol. The Bertz CT molecular complexity index is 823. The summed E-state index contributed by atoms with van der Waals surface area (Å²) in [5.41, 5.74) is 3.97. The van der Waals surface area contributed by atoms with Crippen molar-refractivity contribution in [2.75, 3.05) is 16.8 Å². The van der Waals surface area contributed by atoms with Crippen molar-refractivity contribution >= 4 is 17.3 Å². The largest absolute Gasteiger partial charge is 0.434 e. The minimum Gasteiger partial charge on any atom is -0.434 e. The van der Waals surface area contributed by atoms with Crippen LogP contribution in [0.4, 0.5) is 20.2 Å². The van der Waals surface area contributed by atoms with Gasteiger partial charge in [-0.1, -0.05) is 19.1 Å². The molecule has 2 aromatic carbocycles. The number of hydrogen-bond acceptors (Lipinski definition) is 3. The summed E-state index contributed by atoms with van der Waals surface area (Å²) < 4.78 is 29.9. The molecule has 0 saturated heterocycles. The van der Waals surface area contributed by atoms with Crippen LogP contribution in [0.1, 0.15) is 34.8 Å². The summed E-state index contributed by atoms with van der Waals surface area (Å²) >= 11 is 0. The summed E-state index contributed by atoms with van der Waals surface area (Å²) in [4.78, 5) is 14.8. The Kier molecular flexibility index (Phi) is 5.11. The highest BCUT2D eigenvalue weighted by Gasteiger charge is 2.30. The molecule has 0 aliphatic carbocycles. The lowest BCUT2D eigenvalue weighted by Crippen LogP contribution is -2.44. The van der Waals surface area contributed by atoms with E-state index in [-0.39, 0.29) is 23.3 Å². The van der Waals surface area contributed by atoms with E-state index < -0.39 is 6.61 Å². The summed E-state index contributed by atoms with van der Waals surface area (Å²) in [6, 6.07) is 10.2. The smallest absolute Gasteiger partial charge is 0.387 e. The van der Waals surface area contributed by atoms with E-state index in [2.05, 4.69) is 10.1 Å². The second kappa shape index (κ2) is 7.32. The lowest BCUT2D eigenvalue weighted by Gasteiger charge is -2.36. The summed E-state index contributed by atoms with van der Waals surface area (Å²) in [5, 5.41) is 3.45.